The Balaban J connectivity index is 0.000000241. The maximum Gasteiger partial charge on any atom is 0.0467 e. The van der Waals surface area contributed by atoms with Crippen molar-refractivity contribution >= 4 is 7.81 Å². The molecule has 0 fully saturated rings. The van der Waals surface area contributed by atoms with Gasteiger partial charge in [-0.05, 0) is 0 Å². The Bertz CT molecular complexity index is 231. The minimum absolute atomic E-state index is 2.00. The molecule has 0 nitrogen and oxygen atoms in total. The minimum Gasteiger partial charge on any atom is 0.00641 e. The van der Waals surface area contributed by atoms with E-state index in [0.29, 0.717) is 0 Å². The molecule has 1 aromatic rings. The molecule has 0 saturated carbocycles. The van der Waals surface area contributed by atoms with Crippen LogP contribution in [0.2, 0.25) is 0 Å². The molecule has 0 aliphatic rings. The van der Waals surface area contributed by atoms with Crippen LogP contribution in [-0.4, -0.2) is 0 Å². The predicted octanol–water partition coefficient (Wildman–Crippen LogP) is 5.35. The second kappa shape index (κ2) is 3.35. The van der Waals surface area contributed by atoms with Crippen molar-refractivity contribution in [3.05, 3.63) is 42.5 Å². The summed E-state index contributed by atoms with van der Waals surface area (Å²) in [4.78, 5) is 0. The fourth-order valence-electron chi connectivity index (χ4n) is 0.449. The molecule has 0 amide bonds. The Morgan fingerprint density at radius 2 is 0.929 bits per heavy atom. The molecule has 0 saturated heterocycles. The third-order valence-corrected chi connectivity index (χ3v) is 0.778. The van der Waals surface area contributed by atoms with Gasteiger partial charge < -0.3 is 0 Å². The van der Waals surface area contributed by atoms with Crippen LogP contribution in [0.1, 0.15) is 0 Å². The fourth-order valence-corrected chi connectivity index (χ4v) is 0.449. The molecule has 1 aromatic carbocycles. The Labute approximate surface area is 76.4 Å². The Morgan fingerprint density at radius 3 is 1.21 bits per heavy atom. The first kappa shape index (κ1) is 13.1. The number of hydrogen-bond acceptors (Lipinski definition) is 0. The molecule has 0 bridgehead atoms. The van der Waals surface area contributed by atoms with Crippen molar-refractivity contribution in [2.75, 3.05) is 0 Å². The molecular weight excluding hydrogens is 229 g/mol. The maximum absolute atomic E-state index is 10.7. The van der Waals surface area contributed by atoms with E-state index in [4.69, 9.17) is 0 Å². The number of rotatable bonds is 0. The van der Waals surface area contributed by atoms with Crippen LogP contribution in [0.4, 0.5) is 25.2 Å². The first-order chi connectivity index (χ1) is 5.95. The zero-order chi connectivity index (χ0) is 11.4. The third-order valence-electron chi connectivity index (χ3n) is 0.778. The zero-order valence-corrected chi connectivity index (χ0v) is 7.65. The quantitative estimate of drug-likeness (QED) is 0.323. The van der Waals surface area contributed by atoms with E-state index < -0.39 is 7.81 Å². The largest absolute Gasteiger partial charge is 0.0467 e. The summed E-state index contributed by atoms with van der Waals surface area (Å²) in [5.41, 5.74) is 0. The molecule has 0 aliphatic heterocycles. The summed E-state index contributed by atoms with van der Waals surface area (Å²) >= 11 is 0. The number of hydrogen-bond donors (Lipinski definition) is 0. The van der Waals surface area contributed by atoms with Crippen molar-refractivity contribution in [3.63, 3.8) is 0 Å². The van der Waals surface area contributed by atoms with Gasteiger partial charge in [0.25, 0.3) is 0 Å². The Morgan fingerprint density at radius 1 is 0.643 bits per heavy atom. The molecule has 82 valence electrons. The Kier molecular flexibility index (Phi) is 3.13. The van der Waals surface area contributed by atoms with E-state index in [9.17, 15) is 25.2 Å². The van der Waals surface area contributed by atoms with Gasteiger partial charge in [-0.1, -0.05) is 0 Å². The van der Waals surface area contributed by atoms with Gasteiger partial charge in [-0.2, -0.15) is 0 Å². The van der Waals surface area contributed by atoms with Gasteiger partial charge in [0.15, 0.2) is 0 Å². The number of halogens is 6. The van der Waals surface area contributed by atoms with Gasteiger partial charge in [0.05, 0.1) is 0 Å². The summed E-state index contributed by atoms with van der Waals surface area (Å²) < 4.78 is 59.2. The molecule has 14 heavy (non-hydrogen) atoms. The molecular formula is C7H7F6P. The average molecular weight is 236 g/mol. The monoisotopic (exact) mass is 236 g/mol. The van der Waals surface area contributed by atoms with E-state index in [-0.39, 0.29) is 0 Å². The van der Waals surface area contributed by atoms with E-state index in [1.165, 1.54) is 0 Å². The van der Waals surface area contributed by atoms with Crippen molar-refractivity contribution < 1.29 is 25.2 Å². The van der Waals surface area contributed by atoms with Gasteiger partial charge in [0, 0.05) is 42.5 Å². The van der Waals surface area contributed by atoms with Crippen LogP contribution in [-0.2, 0) is 0 Å². The second-order valence-corrected chi connectivity index (χ2v) is 4.22. The van der Waals surface area contributed by atoms with Gasteiger partial charge in [0.2, 0.25) is 0 Å². The van der Waals surface area contributed by atoms with Crippen LogP contribution < -0.4 is 0 Å². The molecule has 0 spiro atoms. The van der Waals surface area contributed by atoms with Crippen LogP contribution in [0.25, 0.3) is 0 Å². The topological polar surface area (TPSA) is 0 Å². The molecule has 0 unspecified atom stereocenters. The summed E-state index contributed by atoms with van der Waals surface area (Å²) in [6.07, 6.45) is 0. The van der Waals surface area contributed by atoms with E-state index >= 15 is 0 Å². The van der Waals surface area contributed by atoms with E-state index in [1.54, 1.807) is 0 Å². The van der Waals surface area contributed by atoms with Crippen molar-refractivity contribution in [3.8, 4) is 0 Å². The predicted molar refractivity (Wildman–Crippen MR) is 44.4 cm³/mol. The SMILES string of the molecule is F[P-](F)(F)(F)(F)F.c1ccc[cH+]cc1. The molecule has 0 aromatic heterocycles. The molecule has 0 N–H and O–H groups in total. The zero-order valence-electron chi connectivity index (χ0n) is 6.76. The minimum atomic E-state index is -10.7. The first-order valence-electron chi connectivity index (χ1n) is 3.35. The summed E-state index contributed by atoms with van der Waals surface area (Å²) in [5.74, 6) is 0. The summed E-state index contributed by atoms with van der Waals surface area (Å²) in [6, 6.07) is 14.0. The molecule has 0 aliphatic carbocycles. The van der Waals surface area contributed by atoms with Crippen molar-refractivity contribution in [1.29, 1.82) is 0 Å². The van der Waals surface area contributed by atoms with Crippen LogP contribution >= 0.6 is 7.81 Å². The Hall–Kier alpha value is -0.900. The molecule has 0 atom stereocenters. The summed E-state index contributed by atoms with van der Waals surface area (Å²) in [7, 11) is -10.7. The van der Waals surface area contributed by atoms with Crippen LogP contribution in [0.15, 0.2) is 42.5 Å². The molecule has 0 heterocycles. The molecule has 0 radical (unpaired) electrons. The smallest absolute Gasteiger partial charge is 0.00641 e. The van der Waals surface area contributed by atoms with Gasteiger partial charge in [-0.25, -0.2) is 0 Å². The molecule has 7 heteroatoms. The van der Waals surface area contributed by atoms with Crippen molar-refractivity contribution in [1.82, 2.24) is 0 Å². The van der Waals surface area contributed by atoms with Gasteiger partial charge >= 0.3 is 33.0 Å². The first-order valence-corrected chi connectivity index (χ1v) is 5.38. The van der Waals surface area contributed by atoms with Gasteiger partial charge in [-0.15, -0.1) is 0 Å². The summed E-state index contributed by atoms with van der Waals surface area (Å²) in [6.45, 7) is 0. The normalized spacial score (nSPS) is 15.6. The van der Waals surface area contributed by atoms with E-state index in [1.807, 2.05) is 42.5 Å². The van der Waals surface area contributed by atoms with Crippen molar-refractivity contribution in [2.24, 2.45) is 0 Å². The van der Waals surface area contributed by atoms with Crippen LogP contribution in [0, 0.1) is 0 Å². The van der Waals surface area contributed by atoms with Crippen molar-refractivity contribution in [2.45, 2.75) is 0 Å². The maximum atomic E-state index is 9.87. The van der Waals surface area contributed by atoms with Crippen LogP contribution in [0.5, 0.6) is 0 Å². The molecule has 1 rings (SSSR count). The van der Waals surface area contributed by atoms with Crippen LogP contribution in [0.3, 0.4) is 0 Å². The summed E-state index contributed by atoms with van der Waals surface area (Å²) in [5, 5.41) is 0. The average Bonchev–Trinajstić information content (AvgIpc) is 2.06. The van der Waals surface area contributed by atoms with E-state index in [2.05, 4.69) is 0 Å². The third kappa shape index (κ3) is 30.4. The standard InChI is InChI=1S/C7H7.F6P/c1-2-4-6-7-5-3-1;1-7(2,3,4,5)6/h1-7H;/q+1;-1. The fraction of sp³-hybridized carbons (Fsp3) is 0. The van der Waals surface area contributed by atoms with Gasteiger partial charge in [0.1, 0.15) is 0 Å². The van der Waals surface area contributed by atoms with Gasteiger partial charge in [-0.3, -0.25) is 0 Å². The van der Waals surface area contributed by atoms with E-state index in [0.717, 1.165) is 0 Å². The second-order valence-electron chi connectivity index (χ2n) is 2.31.